The van der Waals surface area contributed by atoms with E-state index < -0.39 is 52.2 Å². The maximum absolute atomic E-state index is 13.5. The predicted octanol–water partition coefficient (Wildman–Crippen LogP) is 3.86. The summed E-state index contributed by atoms with van der Waals surface area (Å²) in [6.07, 6.45) is -5.38. The van der Waals surface area contributed by atoms with E-state index in [4.69, 9.17) is 4.74 Å². The number of aromatic nitrogens is 2. The van der Waals surface area contributed by atoms with Crippen molar-refractivity contribution in [3.8, 4) is 11.4 Å². The lowest BCUT2D eigenvalue weighted by Gasteiger charge is -2.35. The van der Waals surface area contributed by atoms with Gasteiger partial charge in [0.05, 0.1) is 16.9 Å². The third-order valence-electron chi connectivity index (χ3n) is 6.86. The summed E-state index contributed by atoms with van der Waals surface area (Å²) in [4.78, 5) is 26.1. The van der Waals surface area contributed by atoms with Crippen molar-refractivity contribution in [2.24, 2.45) is 0 Å². The Morgan fingerprint density at radius 1 is 1.20 bits per heavy atom. The fourth-order valence-electron chi connectivity index (χ4n) is 5.20. The Kier molecular flexibility index (Phi) is 7.04. The molecule has 2 aromatic carbocycles. The molecule has 15 heteroatoms. The Morgan fingerprint density at radius 2 is 1.90 bits per heavy atom. The molecule has 1 aromatic heterocycles. The van der Waals surface area contributed by atoms with Crippen molar-refractivity contribution >= 4 is 27.5 Å². The summed E-state index contributed by atoms with van der Waals surface area (Å²) < 4.78 is 93.4. The van der Waals surface area contributed by atoms with E-state index in [1.807, 2.05) is 0 Å². The normalized spacial score (nSPS) is 18.3. The van der Waals surface area contributed by atoms with Crippen molar-refractivity contribution in [2.75, 3.05) is 23.9 Å². The molecule has 2 N–H and O–H groups in total. The molecule has 5 rings (SSSR count). The van der Waals surface area contributed by atoms with Gasteiger partial charge in [0.15, 0.2) is 16.4 Å². The quantitative estimate of drug-likeness (QED) is 0.399. The van der Waals surface area contributed by atoms with Gasteiger partial charge in [-0.1, -0.05) is 18.2 Å². The van der Waals surface area contributed by atoms with Crippen molar-refractivity contribution < 1.29 is 44.7 Å². The molecule has 0 unspecified atom stereocenters. The second kappa shape index (κ2) is 10.1. The average molecular weight is 599 g/mol. The summed E-state index contributed by atoms with van der Waals surface area (Å²) in [5.41, 5.74) is 0.631. The zero-order valence-corrected chi connectivity index (χ0v) is 22.2. The van der Waals surface area contributed by atoms with Crippen LogP contribution in [0.25, 0.3) is 5.69 Å². The monoisotopic (exact) mass is 598 g/mol. The van der Waals surface area contributed by atoms with E-state index in [1.54, 1.807) is 6.07 Å². The van der Waals surface area contributed by atoms with E-state index in [9.17, 15) is 40.0 Å². The van der Waals surface area contributed by atoms with Crippen LogP contribution in [0.1, 0.15) is 45.6 Å². The van der Waals surface area contributed by atoms with Crippen molar-refractivity contribution in [3.05, 3.63) is 70.4 Å². The van der Waals surface area contributed by atoms with Gasteiger partial charge in [0, 0.05) is 18.2 Å². The van der Waals surface area contributed by atoms with Gasteiger partial charge in [0.1, 0.15) is 22.9 Å². The van der Waals surface area contributed by atoms with Crippen LogP contribution in [0.3, 0.4) is 0 Å². The predicted molar refractivity (Wildman–Crippen MR) is 136 cm³/mol. The Labute approximate surface area is 230 Å². The number of carbonyl (C=O) groups is 2. The molecule has 0 saturated heterocycles. The van der Waals surface area contributed by atoms with E-state index >= 15 is 0 Å². The molecule has 0 fully saturated rings. The minimum absolute atomic E-state index is 0.0195. The smallest absolute Gasteiger partial charge is 0.422 e. The van der Waals surface area contributed by atoms with Crippen LogP contribution in [0.4, 0.5) is 27.8 Å². The van der Waals surface area contributed by atoms with Crippen LogP contribution < -0.4 is 15.4 Å². The van der Waals surface area contributed by atoms with Gasteiger partial charge in [0.25, 0.3) is 12.3 Å². The zero-order valence-electron chi connectivity index (χ0n) is 21.4. The van der Waals surface area contributed by atoms with Crippen molar-refractivity contribution in [3.63, 3.8) is 0 Å². The maximum Gasteiger partial charge on any atom is 0.422 e. The topological polar surface area (TPSA) is 119 Å². The highest BCUT2D eigenvalue weighted by atomic mass is 32.2. The Morgan fingerprint density at radius 3 is 2.54 bits per heavy atom. The van der Waals surface area contributed by atoms with E-state index in [0.29, 0.717) is 24.0 Å². The Hall–Kier alpha value is -4.01. The van der Waals surface area contributed by atoms with Crippen LogP contribution >= 0.6 is 0 Å². The Bertz CT molecular complexity index is 1640. The lowest BCUT2D eigenvalue weighted by atomic mass is 9.82. The average Bonchev–Trinajstić information content (AvgIpc) is 3.39. The van der Waals surface area contributed by atoms with Gasteiger partial charge in [-0.15, -0.1) is 0 Å². The standard InChI is InChI=1S/C26H23F5N4O5S/c1-41(38,39)12-20(36)32-23-21-19(34-35(23)16-4-2-14(3-5-16)22(27)28)11-25(33-24(21)37)9-8-15-10-17(6-7-18(15)25)40-13-26(29,30)31/h2-7,10,22H,8-9,11-13H2,1H3,(H,32,36)(H,33,37)/t25-/m0/s1. The number of ether oxygens (including phenoxy) is 1. The first-order valence-electron chi connectivity index (χ1n) is 12.3. The second-order valence-corrected chi connectivity index (χ2v) is 12.2. The number of fused-ring (bicyclic) bond motifs is 3. The summed E-state index contributed by atoms with van der Waals surface area (Å²) in [7, 11) is -3.72. The lowest BCUT2D eigenvalue weighted by Crippen LogP contribution is -2.49. The number of hydrogen-bond acceptors (Lipinski definition) is 6. The highest BCUT2D eigenvalue weighted by Gasteiger charge is 2.47. The molecule has 2 amide bonds. The van der Waals surface area contributed by atoms with Crippen molar-refractivity contribution in [2.45, 2.75) is 37.4 Å². The van der Waals surface area contributed by atoms with Crippen LogP contribution in [0, 0.1) is 0 Å². The number of nitrogens with one attached hydrogen (secondary N) is 2. The summed E-state index contributed by atoms with van der Waals surface area (Å²) in [6, 6.07) is 9.46. The molecule has 1 spiro atoms. The van der Waals surface area contributed by atoms with Gasteiger partial charge >= 0.3 is 6.18 Å². The summed E-state index contributed by atoms with van der Waals surface area (Å²) in [5, 5.41) is 9.90. The molecule has 3 aromatic rings. The molecular formula is C26H23F5N4O5S. The number of carbonyl (C=O) groups excluding carboxylic acids is 2. The van der Waals surface area contributed by atoms with Crippen molar-refractivity contribution in [1.82, 2.24) is 15.1 Å². The second-order valence-electron chi connectivity index (χ2n) is 10.0. The first-order valence-corrected chi connectivity index (χ1v) is 14.3. The van der Waals surface area contributed by atoms with Gasteiger partial charge in [-0.05, 0) is 48.2 Å². The molecule has 0 bridgehead atoms. The fraction of sp³-hybridized carbons (Fsp3) is 0.346. The third kappa shape index (κ3) is 5.89. The van der Waals surface area contributed by atoms with E-state index in [-0.39, 0.29) is 40.5 Å². The molecule has 218 valence electrons. The molecule has 1 aliphatic heterocycles. The first kappa shape index (κ1) is 28.5. The van der Waals surface area contributed by atoms with Gasteiger partial charge in [-0.25, -0.2) is 21.9 Å². The fourth-order valence-corrected chi connectivity index (χ4v) is 5.75. The minimum Gasteiger partial charge on any atom is -0.484 e. The number of aryl methyl sites for hydroxylation is 1. The number of hydrogen-bond donors (Lipinski definition) is 2. The molecule has 0 saturated carbocycles. The number of halogens is 5. The molecule has 41 heavy (non-hydrogen) atoms. The number of anilines is 1. The summed E-state index contributed by atoms with van der Waals surface area (Å²) in [6.45, 7) is -1.44. The molecule has 9 nitrogen and oxygen atoms in total. The van der Waals surface area contributed by atoms with Crippen LogP contribution in [-0.4, -0.2) is 54.8 Å². The molecule has 0 radical (unpaired) electrons. The highest BCUT2D eigenvalue weighted by Crippen LogP contribution is 2.44. The molecule has 2 aliphatic rings. The largest absolute Gasteiger partial charge is 0.484 e. The van der Waals surface area contributed by atoms with Crippen LogP contribution in [0.2, 0.25) is 0 Å². The van der Waals surface area contributed by atoms with E-state index in [0.717, 1.165) is 18.4 Å². The van der Waals surface area contributed by atoms with Gasteiger partial charge < -0.3 is 15.4 Å². The van der Waals surface area contributed by atoms with E-state index in [1.165, 1.54) is 28.9 Å². The first-order chi connectivity index (χ1) is 19.1. The van der Waals surface area contributed by atoms with Crippen LogP contribution in [-0.2, 0) is 33.0 Å². The molecule has 1 aliphatic carbocycles. The minimum atomic E-state index is -4.50. The van der Waals surface area contributed by atoms with Crippen LogP contribution in [0.15, 0.2) is 42.5 Å². The van der Waals surface area contributed by atoms with Gasteiger partial charge in [0.2, 0.25) is 5.91 Å². The Balaban J connectivity index is 1.52. The van der Waals surface area contributed by atoms with Crippen molar-refractivity contribution in [1.29, 1.82) is 0 Å². The number of benzene rings is 2. The third-order valence-corrected chi connectivity index (χ3v) is 7.65. The zero-order chi connectivity index (χ0) is 29.7. The van der Waals surface area contributed by atoms with Gasteiger partial charge in [-0.3, -0.25) is 9.59 Å². The summed E-state index contributed by atoms with van der Waals surface area (Å²) in [5.74, 6) is -2.50. The molecular weight excluding hydrogens is 575 g/mol. The van der Waals surface area contributed by atoms with Gasteiger partial charge in [-0.2, -0.15) is 18.3 Å². The number of amides is 2. The number of rotatable bonds is 7. The number of sulfone groups is 1. The lowest BCUT2D eigenvalue weighted by molar-refractivity contribution is -0.153. The number of nitrogens with zero attached hydrogens (tertiary/aromatic N) is 2. The van der Waals surface area contributed by atoms with Crippen LogP contribution in [0.5, 0.6) is 5.75 Å². The molecule has 2 heterocycles. The SMILES string of the molecule is CS(=O)(=O)CC(=O)Nc1c2c(nn1-c1ccc(C(F)F)cc1)C[C@]1(CCc3cc(OCC(F)(F)F)ccc31)NC2=O. The van der Waals surface area contributed by atoms with E-state index in [2.05, 4.69) is 15.7 Å². The number of alkyl halides is 5. The molecule has 1 atom stereocenters. The summed E-state index contributed by atoms with van der Waals surface area (Å²) >= 11 is 0. The highest BCUT2D eigenvalue weighted by molar-refractivity contribution is 7.91. The maximum atomic E-state index is 13.5.